The molecule has 0 spiro atoms. The summed E-state index contributed by atoms with van der Waals surface area (Å²) in [6.07, 6.45) is 5.04. The number of nitrogens with two attached hydrogens (primary N) is 1. The van der Waals surface area contributed by atoms with Crippen LogP contribution in [0.25, 0.3) is 0 Å². The maximum atomic E-state index is 13.0. The van der Waals surface area contributed by atoms with Crippen molar-refractivity contribution < 1.29 is 18.5 Å². The lowest BCUT2D eigenvalue weighted by atomic mass is 9.95. The summed E-state index contributed by atoms with van der Waals surface area (Å²) < 4.78 is 29.8. The number of hydrogen-bond acceptors (Lipinski definition) is 5. The van der Waals surface area contributed by atoms with Crippen LogP contribution in [0.3, 0.4) is 0 Å². The normalized spacial score (nSPS) is 21.2. The second kappa shape index (κ2) is 6.74. The first-order valence-electron chi connectivity index (χ1n) is 9.80. The highest BCUT2D eigenvalue weighted by Gasteiger charge is 2.31. The Kier molecular flexibility index (Phi) is 4.28. The molecule has 1 aliphatic carbocycles. The third-order valence-electron chi connectivity index (χ3n) is 5.66. The Morgan fingerprint density at radius 3 is 3.10 bits per heavy atom. The van der Waals surface area contributed by atoms with Gasteiger partial charge in [-0.3, -0.25) is 0 Å². The van der Waals surface area contributed by atoms with Gasteiger partial charge in [0.15, 0.2) is 9.92 Å². The van der Waals surface area contributed by atoms with Crippen LogP contribution in [0.1, 0.15) is 42.4 Å². The van der Waals surface area contributed by atoms with E-state index >= 15 is 0 Å². The van der Waals surface area contributed by atoms with Gasteiger partial charge in [0, 0.05) is 24.4 Å². The summed E-state index contributed by atoms with van der Waals surface area (Å²) in [4.78, 5) is 12.9. The van der Waals surface area contributed by atoms with E-state index in [1.807, 2.05) is 0 Å². The number of aryl methyl sites for hydroxylation is 2. The molecular formula is C19H23N5O4S. The molecule has 154 valence electrons. The minimum absolute atomic E-state index is 0.146. The molecule has 0 radical (unpaired) electrons. The van der Waals surface area contributed by atoms with E-state index in [2.05, 4.69) is 27.8 Å². The van der Waals surface area contributed by atoms with Gasteiger partial charge in [-0.1, -0.05) is 6.92 Å². The molecule has 0 unspecified atom stereocenters. The van der Waals surface area contributed by atoms with Gasteiger partial charge in [0.25, 0.3) is 0 Å². The van der Waals surface area contributed by atoms with Crippen molar-refractivity contribution >= 4 is 21.6 Å². The molecule has 1 aromatic heterocycles. The Hall–Kier alpha value is -2.59. The number of carbonyl (C=O) groups is 1. The third-order valence-corrected chi connectivity index (χ3v) is 7.01. The highest BCUT2D eigenvalue weighted by atomic mass is 32.2. The van der Waals surface area contributed by atoms with Crippen LogP contribution in [0.15, 0.2) is 21.5 Å². The fourth-order valence-corrected chi connectivity index (χ4v) is 5.33. The first-order chi connectivity index (χ1) is 13.9. The van der Waals surface area contributed by atoms with Gasteiger partial charge in [-0.05, 0) is 36.5 Å². The number of hydrogen-bond donors (Lipinski definition) is 2. The quantitative estimate of drug-likeness (QED) is 0.778. The van der Waals surface area contributed by atoms with E-state index in [1.54, 1.807) is 4.68 Å². The number of urea groups is 1. The summed E-state index contributed by atoms with van der Waals surface area (Å²) in [6, 6.07) is 1.34. The first kappa shape index (κ1) is 18.4. The molecular weight excluding hydrogens is 394 g/mol. The van der Waals surface area contributed by atoms with Crippen LogP contribution in [-0.4, -0.2) is 33.2 Å². The average molecular weight is 417 g/mol. The largest absolute Gasteiger partial charge is 0.493 e. The van der Waals surface area contributed by atoms with E-state index in [0.29, 0.717) is 25.6 Å². The minimum Gasteiger partial charge on any atom is -0.493 e. The second-order valence-corrected chi connectivity index (χ2v) is 9.46. The molecule has 3 aliphatic rings. The standard InChI is InChI=1S/C19H23N5O4S/c1-11-10-28-14-8-12-4-2-5-13(12)17(16(11)14)22-19(25)23-29(20,26)15-9-21-24-6-3-7-27-18(15)24/h8-9,11H,2-7,10H2,1H3,(H3,20,22,23,25,26)/t11-,29-/m0/s1. The van der Waals surface area contributed by atoms with Crippen LogP contribution in [-0.2, 0) is 29.3 Å². The highest BCUT2D eigenvalue weighted by Crippen LogP contribution is 2.45. The zero-order valence-corrected chi connectivity index (χ0v) is 17.0. The van der Waals surface area contributed by atoms with Crippen molar-refractivity contribution in [1.82, 2.24) is 9.78 Å². The number of nitrogens with zero attached hydrogens (tertiary/aromatic N) is 3. The number of anilines is 1. The Bertz CT molecular complexity index is 1130. The topological polar surface area (TPSA) is 121 Å². The molecule has 10 heteroatoms. The molecule has 1 aromatic carbocycles. The Morgan fingerprint density at radius 2 is 2.24 bits per heavy atom. The number of ether oxygens (including phenoxy) is 2. The van der Waals surface area contributed by atoms with E-state index in [-0.39, 0.29) is 10.8 Å². The monoisotopic (exact) mass is 417 g/mol. The summed E-state index contributed by atoms with van der Waals surface area (Å²) in [5.74, 6) is 1.29. The van der Waals surface area contributed by atoms with Crippen molar-refractivity contribution in [3.05, 3.63) is 29.0 Å². The molecule has 5 rings (SSSR count). The lowest BCUT2D eigenvalue weighted by molar-refractivity contribution is 0.224. The van der Waals surface area contributed by atoms with Gasteiger partial charge < -0.3 is 14.8 Å². The van der Waals surface area contributed by atoms with Crippen molar-refractivity contribution in [2.75, 3.05) is 18.5 Å². The van der Waals surface area contributed by atoms with Crippen molar-refractivity contribution in [1.29, 1.82) is 0 Å². The van der Waals surface area contributed by atoms with Gasteiger partial charge in [0.2, 0.25) is 5.88 Å². The van der Waals surface area contributed by atoms with Crippen molar-refractivity contribution in [3.8, 4) is 11.6 Å². The molecule has 0 fully saturated rings. The van der Waals surface area contributed by atoms with E-state index in [0.717, 1.165) is 48.2 Å². The summed E-state index contributed by atoms with van der Waals surface area (Å²) in [6.45, 7) is 3.77. The summed E-state index contributed by atoms with van der Waals surface area (Å²) >= 11 is 0. The van der Waals surface area contributed by atoms with Crippen molar-refractivity contribution in [2.45, 2.75) is 50.0 Å². The molecule has 9 nitrogen and oxygen atoms in total. The Balaban J connectivity index is 1.50. The fourth-order valence-electron chi connectivity index (χ4n) is 4.33. The van der Waals surface area contributed by atoms with E-state index in [1.165, 1.54) is 11.8 Å². The third kappa shape index (κ3) is 3.06. The summed E-state index contributed by atoms with van der Waals surface area (Å²) in [5.41, 5.74) is 4.00. The Morgan fingerprint density at radius 1 is 1.38 bits per heavy atom. The fraction of sp³-hybridized carbons (Fsp3) is 0.474. The van der Waals surface area contributed by atoms with Crippen LogP contribution < -0.4 is 19.9 Å². The number of aromatic nitrogens is 2. The van der Waals surface area contributed by atoms with E-state index in [4.69, 9.17) is 14.6 Å². The van der Waals surface area contributed by atoms with Gasteiger partial charge in [-0.2, -0.15) is 5.10 Å². The zero-order valence-electron chi connectivity index (χ0n) is 16.1. The molecule has 2 atom stereocenters. The number of fused-ring (bicyclic) bond motifs is 3. The minimum atomic E-state index is -3.50. The van der Waals surface area contributed by atoms with Gasteiger partial charge in [-0.25, -0.2) is 18.8 Å². The maximum absolute atomic E-state index is 13.0. The maximum Gasteiger partial charge on any atom is 0.354 e. The first-order valence-corrected chi connectivity index (χ1v) is 11.4. The molecule has 0 bridgehead atoms. The van der Waals surface area contributed by atoms with Crippen LogP contribution in [0.5, 0.6) is 11.6 Å². The number of benzene rings is 1. The van der Waals surface area contributed by atoms with E-state index in [9.17, 15) is 9.00 Å². The molecule has 2 amide bonds. The molecule has 0 saturated heterocycles. The number of amides is 2. The van der Waals surface area contributed by atoms with Gasteiger partial charge in [0.05, 0.1) is 25.1 Å². The van der Waals surface area contributed by atoms with Crippen LogP contribution in [0, 0.1) is 0 Å². The molecule has 0 saturated carbocycles. The second-order valence-electron chi connectivity index (χ2n) is 7.70. The number of rotatable bonds is 2. The predicted molar refractivity (Wildman–Crippen MR) is 107 cm³/mol. The lowest BCUT2D eigenvalue weighted by Gasteiger charge is -2.17. The van der Waals surface area contributed by atoms with Crippen molar-refractivity contribution in [2.24, 2.45) is 9.50 Å². The number of carbonyl (C=O) groups excluding carboxylic acids is 1. The SMILES string of the molecule is C[C@H]1COc2cc3c(c(NC(=O)N=[S@](N)(=O)c4cnn5c4OCCC5)c21)CCC3. The summed E-state index contributed by atoms with van der Waals surface area (Å²) in [5, 5.41) is 13.0. The van der Waals surface area contributed by atoms with Crippen LogP contribution in [0.4, 0.5) is 10.5 Å². The highest BCUT2D eigenvalue weighted by molar-refractivity contribution is 7.91. The molecule has 3 N–H and O–H groups in total. The van der Waals surface area contributed by atoms with E-state index < -0.39 is 15.9 Å². The molecule has 2 aliphatic heterocycles. The van der Waals surface area contributed by atoms with Crippen LogP contribution >= 0.6 is 0 Å². The molecule has 29 heavy (non-hydrogen) atoms. The molecule has 2 aromatic rings. The van der Waals surface area contributed by atoms with Gasteiger partial charge in [0.1, 0.15) is 10.6 Å². The zero-order chi connectivity index (χ0) is 20.2. The average Bonchev–Trinajstić information content (AvgIpc) is 3.39. The smallest absolute Gasteiger partial charge is 0.354 e. The summed E-state index contributed by atoms with van der Waals surface area (Å²) in [7, 11) is -3.50. The van der Waals surface area contributed by atoms with Crippen molar-refractivity contribution in [3.63, 3.8) is 0 Å². The van der Waals surface area contributed by atoms with Crippen LogP contribution in [0.2, 0.25) is 0 Å². The number of nitrogens with one attached hydrogen (secondary N) is 1. The Labute approximate surface area is 168 Å². The molecule has 3 heterocycles. The lowest BCUT2D eigenvalue weighted by Crippen LogP contribution is -2.21. The van der Waals surface area contributed by atoms with Gasteiger partial charge in [-0.15, -0.1) is 4.36 Å². The predicted octanol–water partition coefficient (Wildman–Crippen LogP) is 2.58. The van der Waals surface area contributed by atoms with Gasteiger partial charge >= 0.3 is 6.03 Å².